The lowest BCUT2D eigenvalue weighted by Crippen LogP contribution is -2.04. The number of benzene rings is 1. The Morgan fingerprint density at radius 1 is 1.39 bits per heavy atom. The van der Waals surface area contributed by atoms with Gasteiger partial charge in [-0.05, 0) is 60.4 Å². The van der Waals surface area contributed by atoms with E-state index in [-0.39, 0.29) is 6.61 Å². The molecule has 2 heterocycles. The highest BCUT2D eigenvalue weighted by Crippen LogP contribution is 2.17. The summed E-state index contributed by atoms with van der Waals surface area (Å²) in [5, 5.41) is 14.0. The van der Waals surface area contributed by atoms with Crippen molar-refractivity contribution in [3.63, 3.8) is 0 Å². The second-order valence-corrected chi connectivity index (χ2v) is 6.48. The molecule has 0 aliphatic carbocycles. The number of hydrogen-bond acceptors (Lipinski definition) is 5. The minimum atomic E-state index is 0.246. The number of aryl methyl sites for hydroxylation is 1. The molecule has 0 aliphatic rings. The summed E-state index contributed by atoms with van der Waals surface area (Å²) in [6, 6.07) is 9.18. The summed E-state index contributed by atoms with van der Waals surface area (Å²) in [4.78, 5) is 1.08. The zero-order chi connectivity index (χ0) is 16.2. The Bertz CT molecular complexity index is 880. The molecular formula is C15H13ClN4OS2. The summed E-state index contributed by atoms with van der Waals surface area (Å²) in [7, 11) is 0. The second-order valence-electron chi connectivity index (χ2n) is 4.71. The van der Waals surface area contributed by atoms with E-state index in [0.717, 1.165) is 4.88 Å². The van der Waals surface area contributed by atoms with E-state index in [1.54, 1.807) is 46.5 Å². The number of aromatic nitrogens is 3. The molecule has 0 bridgehead atoms. The molecule has 3 rings (SSSR count). The van der Waals surface area contributed by atoms with E-state index in [4.69, 9.17) is 28.6 Å². The van der Waals surface area contributed by atoms with Crippen LogP contribution in [0, 0.1) is 11.7 Å². The van der Waals surface area contributed by atoms with E-state index < -0.39 is 0 Å². The van der Waals surface area contributed by atoms with Gasteiger partial charge in [-0.3, -0.25) is 0 Å². The number of thiophene rings is 1. The van der Waals surface area contributed by atoms with E-state index in [1.807, 2.05) is 18.4 Å². The number of ether oxygens (including phenoxy) is 1. The molecule has 1 aromatic carbocycles. The van der Waals surface area contributed by atoms with Crippen molar-refractivity contribution in [3.8, 4) is 5.75 Å². The van der Waals surface area contributed by atoms with Gasteiger partial charge in [0.15, 0.2) is 5.82 Å². The zero-order valence-corrected chi connectivity index (χ0v) is 14.6. The number of nitrogens with one attached hydrogen (secondary N) is 1. The molecule has 3 aromatic rings. The predicted octanol–water partition coefficient (Wildman–Crippen LogP) is 4.43. The van der Waals surface area contributed by atoms with Gasteiger partial charge in [0, 0.05) is 5.02 Å². The minimum Gasteiger partial charge on any atom is -0.486 e. The SMILES string of the molecule is Cc1ccsc1/C=N\n1c(COc2ccc(Cl)cc2)n[nH]c1=S. The molecule has 5 nitrogen and oxygen atoms in total. The van der Waals surface area contributed by atoms with Gasteiger partial charge in [-0.1, -0.05) is 11.6 Å². The molecule has 2 aromatic heterocycles. The normalized spacial score (nSPS) is 11.2. The van der Waals surface area contributed by atoms with Crippen molar-refractivity contribution in [2.24, 2.45) is 5.10 Å². The van der Waals surface area contributed by atoms with Gasteiger partial charge in [0.2, 0.25) is 4.77 Å². The summed E-state index contributed by atoms with van der Waals surface area (Å²) >= 11 is 12.7. The average Bonchev–Trinajstić information content (AvgIpc) is 3.11. The third-order valence-electron chi connectivity index (χ3n) is 3.09. The van der Waals surface area contributed by atoms with Gasteiger partial charge >= 0.3 is 0 Å². The average molecular weight is 365 g/mol. The van der Waals surface area contributed by atoms with E-state index in [2.05, 4.69) is 15.3 Å². The molecule has 0 spiro atoms. The maximum atomic E-state index is 5.85. The highest BCUT2D eigenvalue weighted by atomic mass is 35.5. The molecule has 0 fully saturated rings. The molecule has 0 atom stereocenters. The molecule has 118 valence electrons. The fourth-order valence-electron chi connectivity index (χ4n) is 1.84. The third-order valence-corrected chi connectivity index (χ3v) is 4.56. The first kappa shape index (κ1) is 15.9. The van der Waals surface area contributed by atoms with E-state index >= 15 is 0 Å². The highest BCUT2D eigenvalue weighted by molar-refractivity contribution is 7.71. The van der Waals surface area contributed by atoms with Crippen molar-refractivity contribution in [2.45, 2.75) is 13.5 Å². The molecule has 0 radical (unpaired) electrons. The maximum absolute atomic E-state index is 5.85. The summed E-state index contributed by atoms with van der Waals surface area (Å²) in [6.07, 6.45) is 1.77. The van der Waals surface area contributed by atoms with Gasteiger partial charge in [0.1, 0.15) is 12.4 Å². The quantitative estimate of drug-likeness (QED) is 0.538. The lowest BCUT2D eigenvalue weighted by Gasteiger charge is -2.05. The molecule has 0 amide bonds. The molecule has 23 heavy (non-hydrogen) atoms. The fraction of sp³-hybridized carbons (Fsp3) is 0.133. The molecule has 8 heteroatoms. The van der Waals surface area contributed by atoms with Crippen molar-refractivity contribution in [2.75, 3.05) is 0 Å². The van der Waals surface area contributed by atoms with Gasteiger partial charge in [0.05, 0.1) is 11.1 Å². The van der Waals surface area contributed by atoms with Crippen LogP contribution in [0.4, 0.5) is 0 Å². The maximum Gasteiger partial charge on any atom is 0.216 e. The number of rotatable bonds is 5. The van der Waals surface area contributed by atoms with Crippen molar-refractivity contribution in [3.05, 3.63) is 61.8 Å². The smallest absolute Gasteiger partial charge is 0.216 e. The van der Waals surface area contributed by atoms with E-state index in [9.17, 15) is 0 Å². The van der Waals surface area contributed by atoms with Gasteiger partial charge in [0.25, 0.3) is 0 Å². The van der Waals surface area contributed by atoms with Crippen LogP contribution in [0.1, 0.15) is 16.3 Å². The fourth-order valence-corrected chi connectivity index (χ4v) is 2.95. The van der Waals surface area contributed by atoms with Gasteiger partial charge in [-0.2, -0.15) is 14.9 Å². The van der Waals surface area contributed by atoms with Crippen LogP contribution >= 0.6 is 35.2 Å². The Labute approximate surface area is 147 Å². The number of nitrogens with zero attached hydrogens (tertiary/aromatic N) is 3. The van der Waals surface area contributed by atoms with Crippen molar-refractivity contribution < 1.29 is 4.74 Å². The largest absolute Gasteiger partial charge is 0.486 e. The van der Waals surface area contributed by atoms with Crippen LogP contribution in [0.3, 0.4) is 0 Å². The Morgan fingerprint density at radius 2 is 2.17 bits per heavy atom. The van der Waals surface area contributed by atoms with Gasteiger partial charge < -0.3 is 4.74 Å². The van der Waals surface area contributed by atoms with E-state index in [1.165, 1.54) is 5.56 Å². The van der Waals surface area contributed by atoms with E-state index in [0.29, 0.717) is 21.4 Å². The predicted molar refractivity (Wildman–Crippen MR) is 95.2 cm³/mol. The minimum absolute atomic E-state index is 0.246. The lowest BCUT2D eigenvalue weighted by molar-refractivity contribution is 0.290. The Kier molecular flexibility index (Phi) is 4.90. The first-order valence-electron chi connectivity index (χ1n) is 6.76. The molecule has 1 N–H and O–H groups in total. The van der Waals surface area contributed by atoms with Gasteiger partial charge in [-0.25, -0.2) is 5.10 Å². The van der Waals surface area contributed by atoms with Crippen LogP contribution in [-0.4, -0.2) is 21.1 Å². The monoisotopic (exact) mass is 364 g/mol. The summed E-state index contributed by atoms with van der Waals surface area (Å²) < 4.78 is 7.66. The second kappa shape index (κ2) is 7.08. The molecule has 0 unspecified atom stereocenters. The lowest BCUT2D eigenvalue weighted by atomic mass is 10.3. The number of aromatic amines is 1. The van der Waals surface area contributed by atoms with Crippen molar-refractivity contribution in [1.82, 2.24) is 14.9 Å². The Morgan fingerprint density at radius 3 is 2.87 bits per heavy atom. The summed E-state index contributed by atoms with van der Waals surface area (Å²) in [6.45, 7) is 2.28. The van der Waals surface area contributed by atoms with Crippen LogP contribution < -0.4 is 4.74 Å². The Hall–Kier alpha value is -1.96. The topological polar surface area (TPSA) is 55.2 Å². The summed E-state index contributed by atoms with van der Waals surface area (Å²) in [5.41, 5.74) is 1.17. The molecule has 0 saturated heterocycles. The molecule has 0 aliphatic heterocycles. The number of hydrogen-bond donors (Lipinski definition) is 1. The van der Waals surface area contributed by atoms with Crippen LogP contribution in [-0.2, 0) is 6.61 Å². The number of H-pyrrole nitrogens is 1. The molecular weight excluding hydrogens is 352 g/mol. The zero-order valence-electron chi connectivity index (χ0n) is 12.2. The Balaban J connectivity index is 1.76. The van der Waals surface area contributed by atoms with Gasteiger partial charge in [-0.15, -0.1) is 11.3 Å². The van der Waals surface area contributed by atoms with Crippen LogP contribution in [0.2, 0.25) is 5.02 Å². The van der Waals surface area contributed by atoms with Crippen molar-refractivity contribution >= 4 is 41.4 Å². The van der Waals surface area contributed by atoms with Crippen molar-refractivity contribution in [1.29, 1.82) is 0 Å². The first-order valence-corrected chi connectivity index (χ1v) is 8.43. The first-order chi connectivity index (χ1) is 11.1. The van der Waals surface area contributed by atoms with Crippen LogP contribution in [0.5, 0.6) is 5.75 Å². The highest BCUT2D eigenvalue weighted by Gasteiger charge is 2.06. The third kappa shape index (κ3) is 3.87. The standard InChI is InChI=1S/C15H13ClN4OS2/c1-10-6-7-23-13(10)8-17-20-14(18-19-15(20)22)9-21-12-4-2-11(16)3-5-12/h2-8H,9H2,1H3,(H,19,22)/b17-8-. The van der Waals surface area contributed by atoms with Crippen LogP contribution in [0.15, 0.2) is 40.8 Å². The summed E-state index contributed by atoms with van der Waals surface area (Å²) in [5.74, 6) is 1.29. The molecule has 0 saturated carbocycles. The van der Waals surface area contributed by atoms with Crippen LogP contribution in [0.25, 0.3) is 0 Å². The number of halogens is 1.